The van der Waals surface area contributed by atoms with Gasteiger partial charge in [0.15, 0.2) is 0 Å². The van der Waals surface area contributed by atoms with E-state index in [1.54, 1.807) is 36.4 Å². The number of hydrogen-bond acceptors (Lipinski definition) is 6. The molecule has 4 rings (SSSR count). The normalized spacial score (nSPS) is 14.4. The fourth-order valence-electron chi connectivity index (χ4n) is 3.37. The molecule has 0 aliphatic carbocycles. The molecule has 1 aliphatic heterocycles. The van der Waals surface area contributed by atoms with E-state index in [4.69, 9.17) is 26.3 Å². The van der Waals surface area contributed by atoms with E-state index in [2.05, 4.69) is 6.07 Å². The van der Waals surface area contributed by atoms with Crippen LogP contribution in [0.4, 0.5) is 0 Å². The number of hydrogen-bond donors (Lipinski definition) is 0. The Labute approximate surface area is 196 Å². The van der Waals surface area contributed by atoms with Gasteiger partial charge in [-0.2, -0.15) is 9.57 Å². The van der Waals surface area contributed by atoms with Crippen LogP contribution in [-0.2, 0) is 14.8 Å². The molecular formula is C24H19ClN2O5S. The first-order chi connectivity index (χ1) is 15.9. The molecule has 7 nitrogen and oxygen atoms in total. The minimum atomic E-state index is -3.87. The molecule has 168 valence electrons. The van der Waals surface area contributed by atoms with Crippen molar-refractivity contribution in [1.82, 2.24) is 4.31 Å². The van der Waals surface area contributed by atoms with Crippen LogP contribution in [0.2, 0.25) is 5.02 Å². The summed E-state index contributed by atoms with van der Waals surface area (Å²) in [6, 6.07) is 20.1. The van der Waals surface area contributed by atoms with E-state index in [1.807, 2.05) is 12.1 Å². The number of carbonyl (C=O) groups excluding carboxylic acids is 1. The van der Waals surface area contributed by atoms with E-state index in [0.717, 1.165) is 11.1 Å². The smallest absolute Gasteiger partial charge is 0.343 e. The zero-order valence-corrected chi connectivity index (χ0v) is 19.0. The summed E-state index contributed by atoms with van der Waals surface area (Å²) < 4.78 is 37.9. The summed E-state index contributed by atoms with van der Waals surface area (Å²) in [5, 5.41) is 8.94. The van der Waals surface area contributed by atoms with E-state index in [9.17, 15) is 13.2 Å². The molecule has 0 saturated carbocycles. The van der Waals surface area contributed by atoms with Crippen molar-refractivity contribution in [2.75, 3.05) is 26.3 Å². The second-order valence-electron chi connectivity index (χ2n) is 7.26. The van der Waals surface area contributed by atoms with Gasteiger partial charge in [0.2, 0.25) is 10.0 Å². The van der Waals surface area contributed by atoms with Crippen molar-refractivity contribution in [3.05, 3.63) is 82.9 Å². The summed E-state index contributed by atoms with van der Waals surface area (Å²) in [5.41, 5.74) is 2.46. The molecule has 0 atom stereocenters. The Bertz CT molecular complexity index is 1310. The zero-order chi connectivity index (χ0) is 23.4. The Morgan fingerprint density at radius 3 is 2.18 bits per heavy atom. The van der Waals surface area contributed by atoms with Crippen molar-refractivity contribution < 1.29 is 22.7 Å². The van der Waals surface area contributed by atoms with E-state index < -0.39 is 16.0 Å². The maximum atomic E-state index is 13.0. The quantitative estimate of drug-likeness (QED) is 0.401. The summed E-state index contributed by atoms with van der Waals surface area (Å²) in [7, 11) is -3.87. The largest absolute Gasteiger partial charge is 0.423 e. The van der Waals surface area contributed by atoms with Crippen LogP contribution in [0.3, 0.4) is 0 Å². The van der Waals surface area contributed by atoms with Crippen LogP contribution in [0, 0.1) is 11.3 Å². The molecule has 0 spiro atoms. The molecule has 1 aliphatic rings. The molecule has 9 heteroatoms. The van der Waals surface area contributed by atoms with Gasteiger partial charge in [0, 0.05) is 13.1 Å². The van der Waals surface area contributed by atoms with Crippen molar-refractivity contribution in [1.29, 1.82) is 5.26 Å². The first kappa shape index (κ1) is 23.0. The predicted molar refractivity (Wildman–Crippen MR) is 123 cm³/mol. The summed E-state index contributed by atoms with van der Waals surface area (Å²) in [5.74, 6) is -0.388. The lowest BCUT2D eigenvalue weighted by Gasteiger charge is -2.26. The molecule has 3 aromatic carbocycles. The molecule has 1 heterocycles. The average molecular weight is 483 g/mol. The Kier molecular flexibility index (Phi) is 6.77. The molecule has 1 fully saturated rings. The molecule has 0 radical (unpaired) electrons. The van der Waals surface area contributed by atoms with Crippen molar-refractivity contribution in [3.63, 3.8) is 0 Å². The number of carbonyl (C=O) groups is 1. The molecule has 3 aromatic rings. The van der Waals surface area contributed by atoms with E-state index >= 15 is 0 Å². The minimum Gasteiger partial charge on any atom is -0.423 e. The van der Waals surface area contributed by atoms with Crippen molar-refractivity contribution >= 4 is 27.6 Å². The third-order valence-electron chi connectivity index (χ3n) is 5.17. The fraction of sp³-hybridized carbons (Fsp3) is 0.167. The topological polar surface area (TPSA) is 96.7 Å². The molecule has 0 amide bonds. The number of nitrogens with zero attached hydrogens (tertiary/aromatic N) is 2. The maximum absolute atomic E-state index is 13.0. The third kappa shape index (κ3) is 5.07. The number of esters is 1. The van der Waals surface area contributed by atoms with Crippen molar-refractivity contribution in [2.45, 2.75) is 4.90 Å². The van der Waals surface area contributed by atoms with Crippen molar-refractivity contribution in [3.8, 4) is 22.9 Å². The Balaban J connectivity index is 1.51. The van der Waals surface area contributed by atoms with E-state index in [-0.39, 0.29) is 28.6 Å². The van der Waals surface area contributed by atoms with Gasteiger partial charge in [0.25, 0.3) is 0 Å². The van der Waals surface area contributed by atoms with Crippen LogP contribution in [0.15, 0.2) is 71.6 Å². The van der Waals surface area contributed by atoms with Crippen molar-refractivity contribution in [2.24, 2.45) is 0 Å². The number of benzene rings is 3. The predicted octanol–water partition coefficient (Wildman–Crippen LogP) is 4.12. The highest BCUT2D eigenvalue weighted by Crippen LogP contribution is 2.28. The molecule has 0 N–H and O–H groups in total. The van der Waals surface area contributed by atoms with Crippen LogP contribution in [0.1, 0.15) is 15.9 Å². The van der Waals surface area contributed by atoms with Gasteiger partial charge >= 0.3 is 5.97 Å². The second kappa shape index (κ2) is 9.73. The molecule has 33 heavy (non-hydrogen) atoms. The van der Waals surface area contributed by atoms with Gasteiger partial charge in [-0.25, -0.2) is 13.2 Å². The van der Waals surface area contributed by atoms with Crippen LogP contribution in [0.5, 0.6) is 5.75 Å². The average Bonchev–Trinajstić information content (AvgIpc) is 2.85. The zero-order valence-electron chi connectivity index (χ0n) is 17.4. The SMILES string of the molecule is N#Cc1ccc(-c2ccc(OC(=O)c3ccc(Cl)c(S(=O)(=O)N4CCOCC4)c3)cc2)cc1. The molecule has 0 bridgehead atoms. The third-order valence-corrected chi connectivity index (χ3v) is 7.55. The first-order valence-electron chi connectivity index (χ1n) is 10.1. The summed E-state index contributed by atoms with van der Waals surface area (Å²) in [6.45, 7) is 1.05. The fourth-order valence-corrected chi connectivity index (χ4v) is 5.28. The van der Waals surface area contributed by atoms with Gasteiger partial charge in [-0.3, -0.25) is 0 Å². The molecule has 0 unspecified atom stereocenters. The maximum Gasteiger partial charge on any atom is 0.343 e. The lowest BCUT2D eigenvalue weighted by molar-refractivity contribution is 0.0727. The summed E-state index contributed by atoms with van der Waals surface area (Å²) >= 11 is 6.15. The van der Waals surface area contributed by atoms with Crippen LogP contribution in [0.25, 0.3) is 11.1 Å². The highest BCUT2D eigenvalue weighted by atomic mass is 35.5. The first-order valence-corrected chi connectivity index (χ1v) is 11.9. The molecule has 1 saturated heterocycles. The second-order valence-corrected chi connectivity index (χ2v) is 9.58. The van der Waals surface area contributed by atoms with Gasteiger partial charge in [-0.15, -0.1) is 0 Å². The van der Waals surface area contributed by atoms with E-state index in [0.29, 0.717) is 24.5 Å². The number of rotatable bonds is 5. The highest BCUT2D eigenvalue weighted by molar-refractivity contribution is 7.89. The lowest BCUT2D eigenvalue weighted by atomic mass is 10.0. The number of halogens is 1. The number of sulfonamides is 1. The van der Waals surface area contributed by atoms with E-state index in [1.165, 1.54) is 22.5 Å². The number of morpholine rings is 1. The Morgan fingerprint density at radius 2 is 1.58 bits per heavy atom. The van der Waals surface area contributed by atoms with Gasteiger partial charge < -0.3 is 9.47 Å². The van der Waals surface area contributed by atoms with Gasteiger partial charge in [0.05, 0.1) is 35.4 Å². The standard InChI is InChI=1S/C24H19ClN2O5S/c25-22-10-7-20(15-23(22)33(29,30)27-11-13-31-14-12-27)24(28)32-21-8-5-19(6-9-21)18-3-1-17(16-26)2-4-18/h1-10,15H,11-14H2. The Morgan fingerprint density at radius 1 is 0.970 bits per heavy atom. The molecular weight excluding hydrogens is 464 g/mol. The highest BCUT2D eigenvalue weighted by Gasteiger charge is 2.29. The van der Waals surface area contributed by atoms with Crippen LogP contribution < -0.4 is 4.74 Å². The molecule has 0 aromatic heterocycles. The Hall–Kier alpha value is -3.22. The van der Waals surface area contributed by atoms with Crippen LogP contribution >= 0.6 is 11.6 Å². The monoisotopic (exact) mass is 482 g/mol. The van der Waals surface area contributed by atoms with Gasteiger partial charge in [-0.1, -0.05) is 35.9 Å². The summed E-state index contributed by atoms with van der Waals surface area (Å²) in [6.07, 6.45) is 0. The van der Waals surface area contributed by atoms with Gasteiger partial charge in [-0.05, 0) is 53.6 Å². The number of nitriles is 1. The minimum absolute atomic E-state index is 0.0322. The lowest BCUT2D eigenvalue weighted by Crippen LogP contribution is -2.40. The van der Waals surface area contributed by atoms with Crippen LogP contribution in [-0.4, -0.2) is 45.0 Å². The summed E-state index contributed by atoms with van der Waals surface area (Å²) in [4.78, 5) is 12.5. The van der Waals surface area contributed by atoms with Gasteiger partial charge in [0.1, 0.15) is 10.6 Å². The number of ether oxygens (including phenoxy) is 2.